The number of nitrogens with one attached hydrogen (secondary N) is 5. The van der Waals surface area contributed by atoms with Gasteiger partial charge in [0, 0.05) is 62.5 Å². The number of ether oxygens (including phenoxy) is 1. The molecule has 546 valence electrons. The van der Waals surface area contributed by atoms with Crippen LogP contribution in [0.5, 0.6) is 0 Å². The van der Waals surface area contributed by atoms with Crippen LogP contribution in [0.1, 0.15) is 201 Å². The van der Waals surface area contributed by atoms with Crippen molar-refractivity contribution in [2.24, 2.45) is 35.5 Å². The Labute approximate surface area is 572 Å². The number of aliphatic hydroxyl groups excluding tert-OH is 1. The molecule has 0 radical (unpaired) electrons. The summed E-state index contributed by atoms with van der Waals surface area (Å²) in [5.74, 6) is -7.92. The van der Waals surface area contributed by atoms with E-state index in [0.717, 1.165) is 40.4 Å². The number of alkyl carbamates (subject to hydrolysis) is 1. The molecule has 0 bridgehead atoms. The molecule has 26 nitrogen and oxygen atoms in total. The number of rotatable bonds is 25. The highest BCUT2D eigenvalue weighted by Gasteiger charge is 2.44. The molecule has 1 heterocycles. The molecule has 0 saturated carbocycles. The molecule has 1 rings (SSSR count). The number of amides is 14. The van der Waals surface area contributed by atoms with Gasteiger partial charge in [-0.3, -0.25) is 53.4 Å². The van der Waals surface area contributed by atoms with Crippen molar-refractivity contribution in [3.05, 3.63) is 0 Å². The molecule has 6 N–H and O–H groups in total. The van der Waals surface area contributed by atoms with Crippen molar-refractivity contribution >= 4 is 83.1 Å². The molecule has 0 aromatic heterocycles. The smallest absolute Gasteiger partial charge is 0.407 e. The number of thioether (sulfide) groups is 1. The van der Waals surface area contributed by atoms with Gasteiger partial charge in [-0.2, -0.15) is 0 Å². The van der Waals surface area contributed by atoms with Crippen LogP contribution in [0, 0.1) is 35.5 Å². The van der Waals surface area contributed by atoms with Gasteiger partial charge in [-0.1, -0.05) is 122 Å². The Kier molecular flexibility index (Phi) is 38.1. The van der Waals surface area contributed by atoms with Gasteiger partial charge in [-0.05, 0) is 120 Å². The highest BCUT2D eigenvalue weighted by atomic mass is 32.2. The van der Waals surface area contributed by atoms with Crippen molar-refractivity contribution < 1.29 is 67.4 Å². The summed E-state index contributed by atoms with van der Waals surface area (Å²) in [6.07, 6.45) is 6.24. The van der Waals surface area contributed by atoms with Crippen LogP contribution in [0.25, 0.3) is 0 Å². The molecule has 95 heavy (non-hydrogen) atoms. The van der Waals surface area contributed by atoms with Gasteiger partial charge >= 0.3 is 18.2 Å². The number of hydrogen-bond acceptors (Lipinski definition) is 15. The Morgan fingerprint density at radius 2 is 1.02 bits per heavy atom. The number of carbonyl (C=O) groups is 12. The summed E-state index contributed by atoms with van der Waals surface area (Å²) in [4.78, 5) is 182. The summed E-state index contributed by atoms with van der Waals surface area (Å²) in [5, 5.41) is 21.8. The Bertz CT molecular complexity index is 2530. The number of likely N-dealkylation sites (N-methyl/N-ethyl adjacent to an activating group) is 7. The summed E-state index contributed by atoms with van der Waals surface area (Å²) in [7, 11) is 9.66. The van der Waals surface area contributed by atoms with Crippen molar-refractivity contribution in [2.45, 2.75) is 260 Å². The fourth-order valence-electron chi connectivity index (χ4n) is 11.4. The van der Waals surface area contributed by atoms with Gasteiger partial charge in [0.2, 0.25) is 41.4 Å². The SMILES string of the molecule is CC[C@@H]1NC(=O)[C@H](C[C@H](C)CCCCCCNC(=O)OC(C)(C)C)N(C)C(=O)[C@H](C(C)C)N(C)C(=O)N(C)C(=O)[C@@H](CC(C)C)N(C)C(=O)NC(=O)C(C)NC(=O)[C@@H](CC(C)C)N(C)C(=O)[C@@H](C(C)C)NC(=O)[C@H](CC(C)C)N(C)C(=O)[C@@H](SCCCCCCO)N(C)C1=O. The highest BCUT2D eigenvalue weighted by molar-refractivity contribution is 8.00. The molecule has 0 aromatic rings. The average molecular weight is 1370 g/mol. The molecule has 1 unspecified atom stereocenters. The van der Waals surface area contributed by atoms with Gasteiger partial charge in [0.15, 0.2) is 5.37 Å². The number of unbranched alkanes of at least 4 members (excludes halogenated alkanes) is 6. The molecule has 1 saturated heterocycles. The van der Waals surface area contributed by atoms with Gasteiger partial charge < -0.3 is 60.5 Å². The van der Waals surface area contributed by atoms with E-state index in [1.165, 1.54) is 87.6 Å². The second-order valence-corrected chi connectivity index (χ2v) is 30.1. The van der Waals surface area contributed by atoms with Crippen molar-refractivity contribution in [1.82, 2.24) is 60.9 Å². The van der Waals surface area contributed by atoms with Crippen LogP contribution in [0.2, 0.25) is 0 Å². The lowest BCUT2D eigenvalue weighted by Gasteiger charge is -2.39. The van der Waals surface area contributed by atoms with E-state index in [1.807, 2.05) is 34.6 Å². The molecule has 0 aliphatic carbocycles. The van der Waals surface area contributed by atoms with Crippen molar-refractivity contribution in [3.63, 3.8) is 0 Å². The number of carbonyl (C=O) groups excluding carboxylic acids is 12. The molecular weight excluding hydrogens is 1240 g/mol. The standard InChI is InChI=1S/C68H124N12O14S/c1-24-48-59(86)79(22)64(95-36-32-28-27-31-35-81)63(90)76(19)50(38-42(4)5)58(85)72-53(44(8)9)61(88)74(17)49(37-41(2)3)56(83)70-47(13)55(82)73-65(91)77(20)52(39-43(6)7)60(87)80(23)67(93)78(21)54(45(10)11)62(89)75(18)51(57(84)71-48)40-46(12)33-29-25-26-30-34-69-66(92)94-68(14,15)16/h41-54,64,81H,24-40H2,1-23H3,(H,69,92)(H,70,83)(H,71,84)(H,72,85)(H,73,82,91)/t46-,47?,48+,49-,50+,51+,52-,53-,54+,64-/m1/s1. The van der Waals surface area contributed by atoms with E-state index in [0.29, 0.717) is 44.4 Å². The summed E-state index contributed by atoms with van der Waals surface area (Å²) >= 11 is 1.19. The van der Waals surface area contributed by atoms with Gasteiger partial charge in [0.1, 0.15) is 53.9 Å². The predicted molar refractivity (Wildman–Crippen MR) is 370 cm³/mol. The van der Waals surface area contributed by atoms with Crippen LogP contribution in [-0.4, -0.2) is 238 Å². The quantitative estimate of drug-likeness (QED) is 0.0512. The maximum Gasteiger partial charge on any atom is 0.407 e. The maximum atomic E-state index is 15.3. The Balaban J connectivity index is 4.30. The number of aliphatic hydroxyl groups is 1. The van der Waals surface area contributed by atoms with Crippen LogP contribution in [0.15, 0.2) is 0 Å². The molecule has 1 fully saturated rings. The molecule has 0 aromatic carbocycles. The van der Waals surface area contributed by atoms with Gasteiger partial charge in [-0.25, -0.2) is 14.4 Å². The van der Waals surface area contributed by atoms with Gasteiger partial charge in [-0.15, -0.1) is 11.8 Å². The minimum atomic E-state index is -1.37. The first kappa shape index (κ1) is 86.8. The third-order valence-corrected chi connectivity index (χ3v) is 18.5. The van der Waals surface area contributed by atoms with Crippen molar-refractivity contribution in [2.75, 3.05) is 68.2 Å². The largest absolute Gasteiger partial charge is 0.444 e. The van der Waals surface area contributed by atoms with E-state index in [-0.39, 0.29) is 62.4 Å². The zero-order chi connectivity index (χ0) is 73.1. The lowest BCUT2D eigenvalue weighted by Crippen LogP contribution is -2.61. The fraction of sp³-hybridized carbons (Fsp3) is 0.824. The first-order chi connectivity index (χ1) is 44.1. The zero-order valence-corrected chi connectivity index (χ0v) is 62.8. The van der Waals surface area contributed by atoms with E-state index >= 15 is 19.2 Å². The summed E-state index contributed by atoms with van der Waals surface area (Å²) in [6.45, 7) is 28.7. The van der Waals surface area contributed by atoms with Gasteiger partial charge in [0.25, 0.3) is 11.8 Å². The summed E-state index contributed by atoms with van der Waals surface area (Å²) in [6, 6.07) is -12.0. The van der Waals surface area contributed by atoms with Crippen LogP contribution in [0.4, 0.5) is 14.4 Å². The maximum absolute atomic E-state index is 15.3. The molecular formula is C68H124N12O14S. The molecule has 27 heteroatoms. The Morgan fingerprint density at radius 3 is 1.54 bits per heavy atom. The third kappa shape index (κ3) is 28.4. The fourth-order valence-corrected chi connectivity index (χ4v) is 12.6. The predicted octanol–water partition coefficient (Wildman–Crippen LogP) is 6.80. The van der Waals surface area contributed by atoms with E-state index in [2.05, 4.69) is 26.6 Å². The zero-order valence-electron chi connectivity index (χ0n) is 62.0. The first-order valence-corrected chi connectivity index (χ1v) is 35.4. The normalized spacial score (nSPS) is 23.9. The minimum Gasteiger partial charge on any atom is -0.444 e. The highest BCUT2D eigenvalue weighted by Crippen LogP contribution is 2.27. The lowest BCUT2D eigenvalue weighted by molar-refractivity contribution is -0.148. The van der Waals surface area contributed by atoms with E-state index in [4.69, 9.17) is 4.74 Å². The average Bonchev–Trinajstić information content (AvgIpc) is 0.841. The van der Waals surface area contributed by atoms with Crippen LogP contribution >= 0.6 is 11.8 Å². The number of hydrogen-bond donors (Lipinski definition) is 6. The number of nitrogens with zero attached hydrogens (tertiary/aromatic N) is 7. The van der Waals surface area contributed by atoms with Crippen LogP contribution < -0.4 is 26.6 Å². The van der Waals surface area contributed by atoms with Crippen LogP contribution in [0.3, 0.4) is 0 Å². The van der Waals surface area contributed by atoms with Crippen molar-refractivity contribution in [3.8, 4) is 0 Å². The topological polar surface area (TPSA) is 317 Å². The first-order valence-electron chi connectivity index (χ1n) is 34.4. The van der Waals surface area contributed by atoms with E-state index in [1.54, 1.807) is 69.2 Å². The molecule has 0 spiro atoms. The van der Waals surface area contributed by atoms with Gasteiger partial charge in [0.05, 0.1) is 0 Å². The van der Waals surface area contributed by atoms with E-state index in [9.17, 15) is 43.5 Å². The number of imide groups is 2. The van der Waals surface area contributed by atoms with E-state index < -0.39 is 142 Å². The van der Waals surface area contributed by atoms with Crippen molar-refractivity contribution in [1.29, 1.82) is 0 Å². The Hall–Kier alpha value is -6.25. The molecule has 1 aliphatic heterocycles. The molecule has 14 amide bonds. The van der Waals surface area contributed by atoms with Crippen LogP contribution in [-0.2, 0) is 47.9 Å². The minimum absolute atomic E-state index is 0.0181. The molecule has 10 atom stereocenters. The third-order valence-electron chi connectivity index (χ3n) is 17.1. The monoisotopic (exact) mass is 1360 g/mol. The Morgan fingerprint density at radius 1 is 0.537 bits per heavy atom. The summed E-state index contributed by atoms with van der Waals surface area (Å²) in [5.41, 5.74) is -0.634. The second kappa shape index (κ2) is 41.8. The second-order valence-electron chi connectivity index (χ2n) is 28.9. The molecule has 1 aliphatic rings. The number of urea groups is 2. The summed E-state index contributed by atoms with van der Waals surface area (Å²) < 4.78 is 5.35. The lowest BCUT2D eigenvalue weighted by atomic mass is 9.93.